The Balaban J connectivity index is 1.35. The minimum Gasteiger partial charge on any atom is -0.478 e. The highest BCUT2D eigenvalue weighted by molar-refractivity contribution is 5.35. The first kappa shape index (κ1) is 15.4. The first-order valence-electron chi connectivity index (χ1n) is 7.94. The Labute approximate surface area is 139 Å². The largest absolute Gasteiger partial charge is 0.478 e. The fraction of sp³-hybridized carbons (Fsp3) is 0.333. The molecular weight excluding hydrogens is 314 g/mol. The van der Waals surface area contributed by atoms with Gasteiger partial charge in [-0.15, -0.1) is 0 Å². The van der Waals surface area contributed by atoms with E-state index in [2.05, 4.69) is 9.80 Å². The third kappa shape index (κ3) is 3.20. The quantitative estimate of drug-likeness (QED) is 0.863. The Kier molecular flexibility index (Phi) is 4.08. The molecule has 126 valence electrons. The molecule has 0 saturated heterocycles. The average Bonchev–Trinajstić information content (AvgIpc) is 2.59. The zero-order valence-corrected chi connectivity index (χ0v) is 13.2. The normalized spacial score (nSPS) is 17.6. The van der Waals surface area contributed by atoms with Crippen LogP contribution in [0.3, 0.4) is 0 Å². The molecule has 0 fully saturated rings. The third-order valence-electron chi connectivity index (χ3n) is 4.37. The fourth-order valence-electron chi connectivity index (χ4n) is 3.09. The van der Waals surface area contributed by atoms with Crippen LogP contribution >= 0.6 is 0 Å². The third-order valence-corrected chi connectivity index (χ3v) is 4.37. The first-order valence-corrected chi connectivity index (χ1v) is 7.94. The van der Waals surface area contributed by atoms with E-state index in [1.165, 1.54) is 24.3 Å². The number of hydrogen-bond donors (Lipinski definition) is 0. The van der Waals surface area contributed by atoms with Gasteiger partial charge in [-0.05, 0) is 36.4 Å². The second-order valence-electron chi connectivity index (χ2n) is 6.16. The van der Waals surface area contributed by atoms with Crippen LogP contribution in [0.4, 0.5) is 8.78 Å². The summed E-state index contributed by atoms with van der Waals surface area (Å²) in [6.45, 7) is 3.82. The molecule has 2 aliphatic heterocycles. The van der Waals surface area contributed by atoms with Crippen LogP contribution in [0.1, 0.15) is 11.1 Å². The molecule has 0 aromatic heterocycles. The summed E-state index contributed by atoms with van der Waals surface area (Å²) in [4.78, 5) is 4.23. The Bertz CT molecular complexity index is 690. The molecule has 0 aliphatic carbocycles. The summed E-state index contributed by atoms with van der Waals surface area (Å²) in [5.74, 6) is 1.00. The van der Waals surface area contributed by atoms with Gasteiger partial charge in [0.25, 0.3) is 0 Å². The van der Waals surface area contributed by atoms with Crippen LogP contribution in [0.15, 0.2) is 36.4 Å². The van der Waals surface area contributed by atoms with Crippen molar-refractivity contribution in [1.82, 2.24) is 9.80 Å². The molecule has 0 saturated carbocycles. The van der Waals surface area contributed by atoms with Crippen molar-refractivity contribution >= 4 is 0 Å². The van der Waals surface area contributed by atoms with Gasteiger partial charge in [-0.1, -0.05) is 0 Å². The number of benzene rings is 2. The highest BCUT2D eigenvalue weighted by atomic mass is 19.1. The lowest BCUT2D eigenvalue weighted by atomic mass is 10.1. The summed E-state index contributed by atoms with van der Waals surface area (Å²) in [6.07, 6.45) is 0. The van der Waals surface area contributed by atoms with Gasteiger partial charge < -0.3 is 9.47 Å². The number of rotatable bonds is 3. The molecule has 0 amide bonds. The van der Waals surface area contributed by atoms with E-state index < -0.39 is 0 Å². The van der Waals surface area contributed by atoms with Gasteiger partial charge in [-0.3, -0.25) is 9.80 Å². The zero-order chi connectivity index (χ0) is 16.5. The molecule has 2 aliphatic rings. The number of nitrogens with zero attached hydrogens (tertiary/aromatic N) is 2. The van der Waals surface area contributed by atoms with Gasteiger partial charge in [0.15, 0.2) is 0 Å². The zero-order valence-electron chi connectivity index (χ0n) is 13.2. The van der Waals surface area contributed by atoms with Crippen molar-refractivity contribution in [2.45, 2.75) is 13.1 Å². The van der Waals surface area contributed by atoms with Crippen molar-refractivity contribution in [3.05, 3.63) is 59.2 Å². The summed E-state index contributed by atoms with van der Waals surface area (Å²) >= 11 is 0. The molecule has 0 unspecified atom stereocenters. The van der Waals surface area contributed by atoms with Crippen LogP contribution in [0.2, 0.25) is 0 Å². The lowest BCUT2D eigenvalue weighted by molar-refractivity contribution is 0.0519. The highest BCUT2D eigenvalue weighted by Crippen LogP contribution is 2.27. The molecule has 0 N–H and O–H groups in total. The topological polar surface area (TPSA) is 24.9 Å². The molecule has 0 spiro atoms. The second-order valence-corrected chi connectivity index (χ2v) is 6.16. The average molecular weight is 332 g/mol. The van der Waals surface area contributed by atoms with Crippen molar-refractivity contribution in [2.75, 3.05) is 26.6 Å². The monoisotopic (exact) mass is 332 g/mol. The lowest BCUT2D eigenvalue weighted by Crippen LogP contribution is -2.41. The fourth-order valence-corrected chi connectivity index (χ4v) is 3.09. The summed E-state index contributed by atoms with van der Waals surface area (Å²) in [7, 11) is 0. The highest BCUT2D eigenvalue weighted by Gasteiger charge is 2.21. The second kappa shape index (κ2) is 6.37. The van der Waals surface area contributed by atoms with Gasteiger partial charge in [0.05, 0.1) is 0 Å². The lowest BCUT2D eigenvalue weighted by Gasteiger charge is -2.33. The van der Waals surface area contributed by atoms with Crippen LogP contribution in [-0.2, 0) is 13.1 Å². The van der Waals surface area contributed by atoms with E-state index in [0.717, 1.165) is 35.7 Å². The number of halogens is 2. The molecule has 2 aromatic rings. The van der Waals surface area contributed by atoms with E-state index in [4.69, 9.17) is 9.47 Å². The molecule has 4 rings (SSSR count). The Morgan fingerprint density at radius 3 is 1.67 bits per heavy atom. The molecule has 0 atom stereocenters. The van der Waals surface area contributed by atoms with Gasteiger partial charge in [0.1, 0.15) is 36.6 Å². The van der Waals surface area contributed by atoms with Gasteiger partial charge >= 0.3 is 0 Å². The van der Waals surface area contributed by atoms with E-state index >= 15 is 0 Å². The maximum absolute atomic E-state index is 13.3. The number of fused-ring (bicyclic) bond motifs is 2. The summed E-state index contributed by atoms with van der Waals surface area (Å²) in [5, 5.41) is 0. The van der Waals surface area contributed by atoms with Gasteiger partial charge in [-0.25, -0.2) is 8.78 Å². The molecule has 4 nitrogen and oxygen atoms in total. The molecule has 6 heteroatoms. The van der Waals surface area contributed by atoms with E-state index in [1.807, 2.05) is 0 Å². The first-order chi connectivity index (χ1) is 11.7. The van der Waals surface area contributed by atoms with Gasteiger partial charge in [-0.2, -0.15) is 0 Å². The van der Waals surface area contributed by atoms with Crippen molar-refractivity contribution in [2.24, 2.45) is 0 Å². The molecule has 24 heavy (non-hydrogen) atoms. The van der Waals surface area contributed by atoms with E-state index in [0.29, 0.717) is 26.6 Å². The maximum atomic E-state index is 13.3. The Morgan fingerprint density at radius 2 is 1.21 bits per heavy atom. The van der Waals surface area contributed by atoms with Crippen molar-refractivity contribution in [1.29, 1.82) is 0 Å². The molecule has 2 aromatic carbocycles. The van der Waals surface area contributed by atoms with Crippen molar-refractivity contribution in [3.63, 3.8) is 0 Å². The summed E-state index contributed by atoms with van der Waals surface area (Å²) < 4.78 is 38.0. The van der Waals surface area contributed by atoms with E-state index in [-0.39, 0.29) is 11.6 Å². The molecule has 0 radical (unpaired) electrons. The van der Waals surface area contributed by atoms with Crippen LogP contribution in [0, 0.1) is 11.6 Å². The van der Waals surface area contributed by atoms with Crippen LogP contribution in [0.25, 0.3) is 0 Å². The van der Waals surface area contributed by atoms with E-state index in [1.54, 1.807) is 12.1 Å². The summed E-state index contributed by atoms with van der Waals surface area (Å²) in [5.41, 5.74) is 1.73. The van der Waals surface area contributed by atoms with Gasteiger partial charge in [0, 0.05) is 37.3 Å². The molecular formula is C18H18F2N2O2. The maximum Gasteiger partial charge on any atom is 0.142 e. The molecule has 0 bridgehead atoms. The predicted octanol–water partition coefficient (Wildman–Crippen LogP) is 2.97. The smallest absolute Gasteiger partial charge is 0.142 e. The SMILES string of the molecule is Fc1ccc2c(c1)CN(CCN1COc3ccc(F)cc3C1)CO2. The van der Waals surface area contributed by atoms with E-state index in [9.17, 15) is 8.78 Å². The van der Waals surface area contributed by atoms with Gasteiger partial charge in [0.2, 0.25) is 0 Å². The van der Waals surface area contributed by atoms with Crippen LogP contribution in [0.5, 0.6) is 11.5 Å². The number of ether oxygens (including phenoxy) is 2. The number of hydrogen-bond acceptors (Lipinski definition) is 4. The Hall–Kier alpha value is -2.18. The standard InChI is InChI=1S/C18H18F2N2O2/c19-15-1-3-17-13(7-15)9-21(11-23-17)5-6-22-10-14-8-16(20)2-4-18(14)24-12-22/h1-4,7-8H,5-6,9-12H2. The van der Waals surface area contributed by atoms with Crippen molar-refractivity contribution in [3.8, 4) is 11.5 Å². The minimum atomic E-state index is -0.248. The van der Waals surface area contributed by atoms with Crippen LogP contribution < -0.4 is 9.47 Å². The van der Waals surface area contributed by atoms with Crippen molar-refractivity contribution < 1.29 is 18.3 Å². The predicted molar refractivity (Wildman–Crippen MR) is 84.6 cm³/mol. The minimum absolute atomic E-state index is 0.248. The Morgan fingerprint density at radius 1 is 0.750 bits per heavy atom. The molecule has 2 heterocycles. The summed E-state index contributed by atoms with van der Waals surface area (Å²) in [6, 6.07) is 9.21. The van der Waals surface area contributed by atoms with Crippen LogP contribution in [-0.4, -0.2) is 36.4 Å².